The van der Waals surface area contributed by atoms with E-state index in [1.54, 1.807) is 11.9 Å². The van der Waals surface area contributed by atoms with Gasteiger partial charge in [0.1, 0.15) is 0 Å². The molecule has 15 heavy (non-hydrogen) atoms. The van der Waals surface area contributed by atoms with Crippen LogP contribution in [0.3, 0.4) is 0 Å². The molecule has 0 bridgehead atoms. The zero-order chi connectivity index (χ0) is 11.5. The number of hydrogen-bond acceptors (Lipinski definition) is 3. The standard InChI is InChI=1S/C11H23NO3/c1-12(8-4-6-10-14)11(15)7-3-2-5-9-13/h13-14H,2-10H2,1H3. The van der Waals surface area contributed by atoms with Gasteiger partial charge in [-0.2, -0.15) is 0 Å². The molecular weight excluding hydrogens is 194 g/mol. The summed E-state index contributed by atoms with van der Waals surface area (Å²) in [5.41, 5.74) is 0. The molecule has 0 aliphatic carbocycles. The minimum atomic E-state index is 0.158. The lowest BCUT2D eigenvalue weighted by atomic mass is 10.2. The molecule has 4 heteroatoms. The third-order valence-corrected chi connectivity index (χ3v) is 2.38. The van der Waals surface area contributed by atoms with Gasteiger partial charge in [-0.25, -0.2) is 0 Å². The number of carbonyl (C=O) groups excluding carboxylic acids is 1. The van der Waals surface area contributed by atoms with Gasteiger partial charge in [0.15, 0.2) is 0 Å². The summed E-state index contributed by atoms with van der Waals surface area (Å²) in [6.07, 6.45) is 4.71. The highest BCUT2D eigenvalue weighted by atomic mass is 16.3. The normalized spacial score (nSPS) is 10.3. The third kappa shape index (κ3) is 8.39. The predicted molar refractivity (Wildman–Crippen MR) is 59.5 cm³/mol. The van der Waals surface area contributed by atoms with E-state index in [0.29, 0.717) is 6.42 Å². The predicted octanol–water partition coefficient (Wildman–Crippen LogP) is 0.770. The molecule has 90 valence electrons. The lowest BCUT2D eigenvalue weighted by Crippen LogP contribution is -2.27. The van der Waals surface area contributed by atoms with E-state index in [-0.39, 0.29) is 19.1 Å². The molecule has 0 spiro atoms. The zero-order valence-corrected chi connectivity index (χ0v) is 9.61. The molecule has 0 saturated heterocycles. The van der Waals surface area contributed by atoms with Crippen LogP contribution < -0.4 is 0 Å². The second-order valence-electron chi connectivity index (χ2n) is 3.78. The van der Waals surface area contributed by atoms with Crippen molar-refractivity contribution in [2.45, 2.75) is 38.5 Å². The van der Waals surface area contributed by atoms with Crippen LogP contribution in [0, 0.1) is 0 Å². The Balaban J connectivity index is 3.42. The Morgan fingerprint density at radius 1 is 1.00 bits per heavy atom. The largest absolute Gasteiger partial charge is 0.396 e. The molecular formula is C11H23NO3. The summed E-state index contributed by atoms with van der Waals surface area (Å²) < 4.78 is 0. The Morgan fingerprint density at radius 3 is 2.20 bits per heavy atom. The van der Waals surface area contributed by atoms with E-state index in [9.17, 15) is 4.79 Å². The van der Waals surface area contributed by atoms with Crippen molar-refractivity contribution >= 4 is 5.91 Å². The Labute approximate surface area is 91.9 Å². The SMILES string of the molecule is CN(CCCCO)C(=O)CCCCCO. The molecule has 0 atom stereocenters. The van der Waals surface area contributed by atoms with Crippen LogP contribution in [0.1, 0.15) is 38.5 Å². The lowest BCUT2D eigenvalue weighted by Gasteiger charge is -2.16. The van der Waals surface area contributed by atoms with Crippen molar-refractivity contribution in [3.63, 3.8) is 0 Å². The molecule has 0 fully saturated rings. The van der Waals surface area contributed by atoms with Crippen LogP contribution in [0.25, 0.3) is 0 Å². The van der Waals surface area contributed by atoms with Gasteiger partial charge < -0.3 is 15.1 Å². The van der Waals surface area contributed by atoms with Crippen LogP contribution >= 0.6 is 0 Å². The fraction of sp³-hybridized carbons (Fsp3) is 0.909. The number of rotatable bonds is 9. The van der Waals surface area contributed by atoms with Gasteiger partial charge in [-0.1, -0.05) is 6.42 Å². The highest BCUT2D eigenvalue weighted by Gasteiger charge is 2.06. The topological polar surface area (TPSA) is 60.8 Å². The number of nitrogens with zero attached hydrogens (tertiary/aromatic N) is 1. The van der Waals surface area contributed by atoms with Crippen LogP contribution in [-0.2, 0) is 4.79 Å². The summed E-state index contributed by atoms with van der Waals surface area (Å²) in [6, 6.07) is 0. The minimum absolute atomic E-state index is 0.158. The summed E-state index contributed by atoms with van der Waals surface area (Å²) in [5, 5.41) is 17.2. The van der Waals surface area contributed by atoms with Gasteiger partial charge in [0.25, 0.3) is 0 Å². The molecule has 4 nitrogen and oxygen atoms in total. The third-order valence-electron chi connectivity index (χ3n) is 2.38. The van der Waals surface area contributed by atoms with Gasteiger partial charge >= 0.3 is 0 Å². The molecule has 2 N–H and O–H groups in total. The summed E-state index contributed by atoms with van der Waals surface area (Å²) in [4.78, 5) is 13.2. The van der Waals surface area contributed by atoms with Gasteiger partial charge in [0.05, 0.1) is 0 Å². The monoisotopic (exact) mass is 217 g/mol. The fourth-order valence-corrected chi connectivity index (χ4v) is 1.34. The first kappa shape index (κ1) is 14.4. The first-order valence-corrected chi connectivity index (χ1v) is 5.68. The van der Waals surface area contributed by atoms with E-state index in [2.05, 4.69) is 0 Å². The molecule has 0 radical (unpaired) electrons. The Morgan fingerprint density at radius 2 is 1.60 bits per heavy atom. The molecule has 0 aromatic heterocycles. The van der Waals surface area contributed by atoms with E-state index >= 15 is 0 Å². The van der Waals surface area contributed by atoms with E-state index in [0.717, 1.165) is 38.6 Å². The number of hydrogen-bond donors (Lipinski definition) is 2. The van der Waals surface area contributed by atoms with Crippen molar-refractivity contribution in [1.29, 1.82) is 0 Å². The smallest absolute Gasteiger partial charge is 0.222 e. The average Bonchev–Trinajstić information content (AvgIpc) is 2.24. The second kappa shape index (κ2) is 9.93. The first-order valence-electron chi connectivity index (χ1n) is 5.68. The summed E-state index contributed by atoms with van der Waals surface area (Å²) in [7, 11) is 1.80. The van der Waals surface area contributed by atoms with Crippen molar-refractivity contribution in [3.8, 4) is 0 Å². The van der Waals surface area contributed by atoms with E-state index in [1.165, 1.54) is 0 Å². The van der Waals surface area contributed by atoms with E-state index in [4.69, 9.17) is 10.2 Å². The first-order chi connectivity index (χ1) is 7.22. The maximum Gasteiger partial charge on any atom is 0.222 e. The van der Waals surface area contributed by atoms with Crippen LogP contribution in [-0.4, -0.2) is 47.8 Å². The van der Waals surface area contributed by atoms with Gasteiger partial charge in [-0.3, -0.25) is 4.79 Å². The highest BCUT2D eigenvalue weighted by molar-refractivity contribution is 5.75. The Hall–Kier alpha value is -0.610. The molecule has 0 aliphatic rings. The summed E-state index contributed by atoms with van der Waals surface area (Å²) >= 11 is 0. The van der Waals surface area contributed by atoms with E-state index < -0.39 is 0 Å². The Kier molecular flexibility index (Phi) is 9.52. The molecule has 0 saturated carbocycles. The maximum absolute atomic E-state index is 11.5. The van der Waals surface area contributed by atoms with Crippen molar-refractivity contribution in [2.75, 3.05) is 26.8 Å². The minimum Gasteiger partial charge on any atom is -0.396 e. The lowest BCUT2D eigenvalue weighted by molar-refractivity contribution is -0.130. The average molecular weight is 217 g/mol. The number of unbranched alkanes of at least 4 members (excludes halogenated alkanes) is 3. The molecule has 0 heterocycles. The van der Waals surface area contributed by atoms with Gasteiger partial charge in [0.2, 0.25) is 5.91 Å². The molecule has 0 rings (SSSR count). The summed E-state index contributed by atoms with van der Waals surface area (Å²) in [5.74, 6) is 0.158. The molecule has 0 aromatic rings. The van der Waals surface area contributed by atoms with Gasteiger partial charge in [-0.15, -0.1) is 0 Å². The highest BCUT2D eigenvalue weighted by Crippen LogP contribution is 2.03. The number of aliphatic hydroxyl groups is 2. The second-order valence-corrected chi connectivity index (χ2v) is 3.78. The Bertz CT molecular complexity index is 162. The molecule has 1 amide bonds. The van der Waals surface area contributed by atoms with Crippen molar-refractivity contribution in [2.24, 2.45) is 0 Å². The van der Waals surface area contributed by atoms with Crippen LogP contribution in [0.4, 0.5) is 0 Å². The zero-order valence-electron chi connectivity index (χ0n) is 9.61. The maximum atomic E-state index is 11.5. The number of amides is 1. The molecule has 0 unspecified atom stereocenters. The number of carbonyl (C=O) groups is 1. The van der Waals surface area contributed by atoms with E-state index in [1.807, 2.05) is 0 Å². The summed E-state index contributed by atoms with van der Waals surface area (Å²) in [6.45, 7) is 1.12. The fourth-order valence-electron chi connectivity index (χ4n) is 1.34. The van der Waals surface area contributed by atoms with Crippen LogP contribution in [0.5, 0.6) is 0 Å². The van der Waals surface area contributed by atoms with Gasteiger partial charge in [-0.05, 0) is 25.7 Å². The van der Waals surface area contributed by atoms with Crippen molar-refractivity contribution in [3.05, 3.63) is 0 Å². The van der Waals surface area contributed by atoms with Crippen LogP contribution in [0.15, 0.2) is 0 Å². The molecule has 0 aromatic carbocycles. The van der Waals surface area contributed by atoms with Crippen LogP contribution in [0.2, 0.25) is 0 Å². The van der Waals surface area contributed by atoms with Gasteiger partial charge in [0, 0.05) is 33.2 Å². The quantitative estimate of drug-likeness (QED) is 0.561. The van der Waals surface area contributed by atoms with Crippen molar-refractivity contribution in [1.82, 2.24) is 4.90 Å². The number of aliphatic hydroxyl groups excluding tert-OH is 2. The molecule has 0 aliphatic heterocycles. The van der Waals surface area contributed by atoms with Crippen molar-refractivity contribution < 1.29 is 15.0 Å².